The van der Waals surface area contributed by atoms with Crippen molar-refractivity contribution in [2.75, 3.05) is 45.3 Å². The number of rotatable bonds is 5. The molecule has 1 aliphatic heterocycles. The Morgan fingerprint density at radius 2 is 1.36 bits per heavy atom. The number of benzene rings is 3. The molecule has 3 aromatic carbocycles. The molecule has 7 nitrogen and oxygen atoms in total. The molecule has 1 fully saturated rings. The first kappa shape index (κ1) is 23.6. The van der Waals surface area contributed by atoms with Gasteiger partial charge in [-0.25, -0.2) is 9.97 Å². The lowest BCUT2D eigenvalue weighted by molar-refractivity contribution is 0.0746. The van der Waals surface area contributed by atoms with Gasteiger partial charge in [-0.3, -0.25) is 4.79 Å². The minimum absolute atomic E-state index is 0.0363. The van der Waals surface area contributed by atoms with Crippen molar-refractivity contribution in [1.82, 2.24) is 14.9 Å². The SMILES string of the molecule is COc1cc(OC)cc(C(=O)N2CCN(c3nc4cc(C)c(C)cc4nc3-c3ccccc3)CC2)c1. The summed E-state index contributed by atoms with van der Waals surface area (Å²) in [6, 6.07) is 19.7. The van der Waals surface area contributed by atoms with Crippen LogP contribution in [0.4, 0.5) is 5.82 Å². The van der Waals surface area contributed by atoms with Crippen molar-refractivity contribution in [3.8, 4) is 22.8 Å². The fourth-order valence-electron chi connectivity index (χ4n) is 4.55. The summed E-state index contributed by atoms with van der Waals surface area (Å²) < 4.78 is 10.7. The van der Waals surface area contributed by atoms with Crippen molar-refractivity contribution < 1.29 is 14.3 Å². The van der Waals surface area contributed by atoms with Gasteiger partial charge in [0.15, 0.2) is 5.82 Å². The number of amides is 1. The maximum atomic E-state index is 13.3. The molecule has 1 amide bonds. The van der Waals surface area contributed by atoms with Crippen molar-refractivity contribution in [2.45, 2.75) is 13.8 Å². The molecule has 0 saturated carbocycles. The van der Waals surface area contributed by atoms with Crippen LogP contribution in [0.5, 0.6) is 11.5 Å². The number of carbonyl (C=O) groups is 1. The highest BCUT2D eigenvalue weighted by molar-refractivity contribution is 5.95. The van der Waals surface area contributed by atoms with Gasteiger partial charge in [0.05, 0.1) is 25.3 Å². The molecule has 0 atom stereocenters. The van der Waals surface area contributed by atoms with Gasteiger partial charge in [-0.1, -0.05) is 30.3 Å². The minimum Gasteiger partial charge on any atom is -0.497 e. The predicted molar refractivity (Wildman–Crippen MR) is 142 cm³/mol. The first-order valence-electron chi connectivity index (χ1n) is 12.1. The Hall–Kier alpha value is -4.13. The second kappa shape index (κ2) is 9.85. The zero-order valence-electron chi connectivity index (χ0n) is 21.1. The number of methoxy groups -OCH3 is 2. The van der Waals surface area contributed by atoms with E-state index in [0.29, 0.717) is 43.2 Å². The van der Waals surface area contributed by atoms with Gasteiger partial charge < -0.3 is 19.3 Å². The normalized spacial score (nSPS) is 13.7. The lowest BCUT2D eigenvalue weighted by atomic mass is 10.1. The summed E-state index contributed by atoms with van der Waals surface area (Å²) in [5.74, 6) is 2.01. The van der Waals surface area contributed by atoms with Crippen molar-refractivity contribution in [2.24, 2.45) is 0 Å². The Morgan fingerprint density at radius 1 is 0.778 bits per heavy atom. The minimum atomic E-state index is -0.0363. The summed E-state index contributed by atoms with van der Waals surface area (Å²) in [5, 5.41) is 0. The molecule has 0 bridgehead atoms. The molecule has 0 aliphatic carbocycles. The van der Waals surface area contributed by atoms with E-state index < -0.39 is 0 Å². The maximum Gasteiger partial charge on any atom is 0.254 e. The van der Waals surface area contributed by atoms with Gasteiger partial charge in [-0.05, 0) is 49.2 Å². The van der Waals surface area contributed by atoms with Gasteiger partial charge in [0.2, 0.25) is 0 Å². The molecule has 1 saturated heterocycles. The fourth-order valence-corrected chi connectivity index (χ4v) is 4.55. The molecular formula is C29H30N4O3. The zero-order valence-corrected chi connectivity index (χ0v) is 21.1. The number of aromatic nitrogens is 2. The van der Waals surface area contributed by atoms with Crippen LogP contribution in [0.15, 0.2) is 60.7 Å². The molecule has 1 aromatic heterocycles. The van der Waals surface area contributed by atoms with Gasteiger partial charge >= 0.3 is 0 Å². The molecule has 2 heterocycles. The van der Waals surface area contributed by atoms with Crippen LogP contribution in [0.25, 0.3) is 22.3 Å². The molecule has 0 N–H and O–H groups in total. The number of anilines is 1. The molecule has 0 unspecified atom stereocenters. The number of piperazine rings is 1. The van der Waals surface area contributed by atoms with E-state index in [1.54, 1.807) is 32.4 Å². The van der Waals surface area contributed by atoms with Crippen LogP contribution in [0.1, 0.15) is 21.5 Å². The number of hydrogen-bond acceptors (Lipinski definition) is 6. The van der Waals surface area contributed by atoms with Crippen LogP contribution in [-0.4, -0.2) is 61.2 Å². The Balaban J connectivity index is 1.44. The van der Waals surface area contributed by atoms with E-state index in [0.717, 1.165) is 28.1 Å². The van der Waals surface area contributed by atoms with E-state index in [1.165, 1.54) is 11.1 Å². The van der Waals surface area contributed by atoms with Crippen molar-refractivity contribution in [3.05, 3.63) is 77.4 Å². The summed E-state index contributed by atoms with van der Waals surface area (Å²) in [5.41, 5.74) is 6.62. The summed E-state index contributed by atoms with van der Waals surface area (Å²) >= 11 is 0. The van der Waals surface area contributed by atoms with Gasteiger partial charge in [-0.2, -0.15) is 0 Å². The highest BCUT2D eigenvalue weighted by atomic mass is 16.5. The molecule has 4 aromatic rings. The first-order valence-corrected chi connectivity index (χ1v) is 12.1. The average Bonchev–Trinajstić information content (AvgIpc) is 2.93. The summed E-state index contributed by atoms with van der Waals surface area (Å²) in [6.45, 7) is 6.69. The van der Waals surface area contributed by atoms with Gasteiger partial charge in [-0.15, -0.1) is 0 Å². The third kappa shape index (κ3) is 4.56. The van der Waals surface area contributed by atoms with Crippen LogP contribution < -0.4 is 14.4 Å². The quantitative estimate of drug-likeness (QED) is 0.403. The van der Waals surface area contributed by atoms with Crippen LogP contribution >= 0.6 is 0 Å². The van der Waals surface area contributed by atoms with Crippen LogP contribution in [0.2, 0.25) is 0 Å². The Labute approximate surface area is 211 Å². The lowest BCUT2D eigenvalue weighted by Crippen LogP contribution is -2.49. The number of hydrogen-bond donors (Lipinski definition) is 0. The lowest BCUT2D eigenvalue weighted by Gasteiger charge is -2.36. The zero-order chi connectivity index (χ0) is 25.2. The summed E-state index contributed by atoms with van der Waals surface area (Å²) in [6.07, 6.45) is 0. The molecule has 7 heteroatoms. The Bertz CT molecular complexity index is 1390. The van der Waals surface area contributed by atoms with Gasteiger partial charge in [0.1, 0.15) is 17.2 Å². The highest BCUT2D eigenvalue weighted by Crippen LogP contribution is 2.31. The predicted octanol–water partition coefficient (Wildman–Crippen LogP) is 4.89. The second-order valence-electron chi connectivity index (χ2n) is 9.07. The number of nitrogens with zero attached hydrogens (tertiary/aromatic N) is 4. The average molecular weight is 483 g/mol. The first-order chi connectivity index (χ1) is 17.5. The molecule has 0 radical (unpaired) electrons. The van der Waals surface area contributed by atoms with E-state index in [-0.39, 0.29) is 5.91 Å². The van der Waals surface area contributed by atoms with Crippen molar-refractivity contribution in [1.29, 1.82) is 0 Å². The number of ether oxygens (including phenoxy) is 2. The number of fused-ring (bicyclic) bond motifs is 1. The molecule has 0 spiro atoms. The Kier molecular flexibility index (Phi) is 6.46. The molecule has 1 aliphatic rings. The summed E-state index contributed by atoms with van der Waals surface area (Å²) in [7, 11) is 3.17. The standard InChI is InChI=1S/C29H30N4O3/c1-19-14-25-26(15-20(19)2)31-28(27(30-25)21-8-6-5-7-9-21)32-10-12-33(13-11-32)29(34)22-16-23(35-3)18-24(17-22)36-4/h5-9,14-18H,10-13H2,1-4H3. The highest BCUT2D eigenvalue weighted by Gasteiger charge is 2.26. The monoisotopic (exact) mass is 482 g/mol. The van der Waals surface area contributed by atoms with E-state index in [4.69, 9.17) is 19.4 Å². The topological polar surface area (TPSA) is 67.8 Å². The largest absolute Gasteiger partial charge is 0.497 e. The third-order valence-electron chi connectivity index (χ3n) is 6.77. The molecular weight excluding hydrogens is 452 g/mol. The van der Waals surface area contributed by atoms with Gasteiger partial charge in [0.25, 0.3) is 5.91 Å². The molecule has 5 rings (SSSR count). The van der Waals surface area contributed by atoms with Crippen LogP contribution in [0, 0.1) is 13.8 Å². The Morgan fingerprint density at radius 3 is 1.94 bits per heavy atom. The fraction of sp³-hybridized carbons (Fsp3) is 0.276. The van der Waals surface area contributed by atoms with Crippen LogP contribution in [-0.2, 0) is 0 Å². The number of aryl methyl sites for hydroxylation is 2. The van der Waals surface area contributed by atoms with E-state index >= 15 is 0 Å². The molecule has 184 valence electrons. The third-order valence-corrected chi connectivity index (χ3v) is 6.77. The smallest absolute Gasteiger partial charge is 0.254 e. The van der Waals surface area contributed by atoms with E-state index in [9.17, 15) is 4.79 Å². The number of carbonyl (C=O) groups excluding carboxylic acids is 1. The van der Waals surface area contributed by atoms with Crippen molar-refractivity contribution >= 4 is 22.8 Å². The van der Waals surface area contributed by atoms with Crippen LogP contribution in [0.3, 0.4) is 0 Å². The van der Waals surface area contributed by atoms with Gasteiger partial charge in [0, 0.05) is 43.4 Å². The molecule has 36 heavy (non-hydrogen) atoms. The van der Waals surface area contributed by atoms with E-state index in [1.807, 2.05) is 23.1 Å². The second-order valence-corrected chi connectivity index (χ2v) is 9.07. The summed E-state index contributed by atoms with van der Waals surface area (Å²) in [4.78, 5) is 27.5. The maximum absolute atomic E-state index is 13.3. The van der Waals surface area contributed by atoms with Crippen molar-refractivity contribution in [3.63, 3.8) is 0 Å². The van der Waals surface area contributed by atoms with E-state index in [2.05, 4.69) is 43.0 Å².